The van der Waals surface area contributed by atoms with Gasteiger partial charge in [-0.3, -0.25) is 4.79 Å². The number of nitrogens with one attached hydrogen (secondary N) is 1. The highest BCUT2D eigenvalue weighted by Crippen LogP contribution is 2.18. The van der Waals surface area contributed by atoms with Crippen molar-refractivity contribution in [3.63, 3.8) is 0 Å². The van der Waals surface area contributed by atoms with Crippen LogP contribution in [0, 0.1) is 0 Å². The zero-order valence-electron chi connectivity index (χ0n) is 11.7. The summed E-state index contributed by atoms with van der Waals surface area (Å²) in [6.07, 6.45) is 0. The summed E-state index contributed by atoms with van der Waals surface area (Å²) < 4.78 is 0. The van der Waals surface area contributed by atoms with Gasteiger partial charge < -0.3 is 16.0 Å². The van der Waals surface area contributed by atoms with Gasteiger partial charge in [-0.05, 0) is 31.3 Å². The lowest BCUT2D eigenvalue weighted by Crippen LogP contribution is -2.34. The topological polar surface area (TPSA) is 58.4 Å². The molecule has 116 valence electrons. The molecular formula is C13H22Cl3N3O. The molecule has 0 bridgehead atoms. The van der Waals surface area contributed by atoms with Gasteiger partial charge in [0.1, 0.15) is 0 Å². The van der Waals surface area contributed by atoms with E-state index in [4.69, 9.17) is 17.3 Å². The van der Waals surface area contributed by atoms with Crippen molar-refractivity contribution in [2.75, 3.05) is 31.9 Å². The van der Waals surface area contributed by atoms with E-state index < -0.39 is 0 Å². The van der Waals surface area contributed by atoms with Crippen LogP contribution >= 0.6 is 36.4 Å². The number of amides is 1. The van der Waals surface area contributed by atoms with Crippen LogP contribution in [0.3, 0.4) is 0 Å². The summed E-state index contributed by atoms with van der Waals surface area (Å²) in [7, 11) is 0. The Balaban J connectivity index is 0. The zero-order chi connectivity index (χ0) is 13.5. The van der Waals surface area contributed by atoms with Crippen molar-refractivity contribution in [1.29, 1.82) is 0 Å². The SMILES string of the molecule is CCN(CC)CCNC(=O)c1ccc(N)cc1Cl.Cl.Cl. The summed E-state index contributed by atoms with van der Waals surface area (Å²) in [6, 6.07) is 4.90. The molecule has 1 rings (SSSR count). The Morgan fingerprint density at radius 3 is 2.40 bits per heavy atom. The molecule has 4 nitrogen and oxygen atoms in total. The number of anilines is 1. The Morgan fingerprint density at radius 2 is 1.90 bits per heavy atom. The lowest BCUT2D eigenvalue weighted by Gasteiger charge is -2.18. The second-order valence-corrected chi connectivity index (χ2v) is 4.43. The third-order valence-corrected chi connectivity index (χ3v) is 3.16. The first-order valence-corrected chi connectivity index (χ1v) is 6.51. The van der Waals surface area contributed by atoms with E-state index in [1.54, 1.807) is 18.2 Å². The van der Waals surface area contributed by atoms with E-state index in [1.807, 2.05) is 0 Å². The van der Waals surface area contributed by atoms with E-state index in [-0.39, 0.29) is 30.7 Å². The molecule has 1 aromatic carbocycles. The minimum atomic E-state index is -0.160. The summed E-state index contributed by atoms with van der Waals surface area (Å²) in [4.78, 5) is 14.1. The number of rotatable bonds is 6. The monoisotopic (exact) mass is 341 g/mol. The van der Waals surface area contributed by atoms with Crippen LogP contribution in [0.15, 0.2) is 18.2 Å². The lowest BCUT2D eigenvalue weighted by atomic mass is 10.2. The molecule has 0 saturated heterocycles. The smallest absolute Gasteiger partial charge is 0.252 e. The van der Waals surface area contributed by atoms with Gasteiger partial charge in [0.05, 0.1) is 10.6 Å². The van der Waals surface area contributed by atoms with Crippen molar-refractivity contribution in [3.05, 3.63) is 28.8 Å². The molecule has 0 unspecified atom stereocenters. The normalized spacial score (nSPS) is 9.60. The van der Waals surface area contributed by atoms with Crippen molar-refractivity contribution in [2.45, 2.75) is 13.8 Å². The zero-order valence-corrected chi connectivity index (χ0v) is 14.1. The van der Waals surface area contributed by atoms with Crippen molar-refractivity contribution < 1.29 is 4.79 Å². The third kappa shape index (κ3) is 6.66. The summed E-state index contributed by atoms with van der Waals surface area (Å²) in [5.41, 5.74) is 6.60. The second kappa shape index (κ2) is 11.0. The maximum absolute atomic E-state index is 11.9. The molecular weight excluding hydrogens is 321 g/mol. The van der Waals surface area contributed by atoms with Crippen LogP contribution in [0.1, 0.15) is 24.2 Å². The Hall–Kier alpha value is -0.680. The van der Waals surface area contributed by atoms with Gasteiger partial charge in [0.25, 0.3) is 5.91 Å². The van der Waals surface area contributed by atoms with Crippen molar-refractivity contribution in [2.24, 2.45) is 0 Å². The number of likely N-dealkylation sites (N-methyl/N-ethyl adjacent to an activating group) is 1. The number of carbonyl (C=O) groups excluding carboxylic acids is 1. The molecule has 1 aromatic rings. The van der Waals surface area contributed by atoms with Crippen molar-refractivity contribution in [1.82, 2.24) is 10.2 Å². The number of nitrogens with zero attached hydrogens (tertiary/aromatic N) is 1. The highest BCUT2D eigenvalue weighted by atomic mass is 35.5. The standard InChI is InChI=1S/C13H20ClN3O.2ClH/c1-3-17(4-2)8-7-16-13(18)11-6-5-10(15)9-12(11)14;;/h5-6,9H,3-4,7-8,15H2,1-2H3,(H,16,18);2*1H. The molecule has 0 aromatic heterocycles. The van der Waals surface area contributed by atoms with Gasteiger partial charge >= 0.3 is 0 Å². The lowest BCUT2D eigenvalue weighted by molar-refractivity contribution is 0.0949. The molecule has 0 saturated carbocycles. The predicted molar refractivity (Wildman–Crippen MR) is 90.5 cm³/mol. The van der Waals surface area contributed by atoms with E-state index in [0.29, 0.717) is 22.8 Å². The van der Waals surface area contributed by atoms with Gasteiger partial charge in [-0.25, -0.2) is 0 Å². The van der Waals surface area contributed by atoms with E-state index in [1.165, 1.54) is 0 Å². The van der Waals surface area contributed by atoms with E-state index in [0.717, 1.165) is 19.6 Å². The van der Waals surface area contributed by atoms with Gasteiger partial charge in [0.2, 0.25) is 0 Å². The molecule has 7 heteroatoms. The number of nitrogen functional groups attached to an aromatic ring is 1. The Bertz CT molecular complexity index is 412. The Kier molecular flexibility index (Phi) is 11.9. The van der Waals surface area contributed by atoms with E-state index in [9.17, 15) is 4.79 Å². The molecule has 0 radical (unpaired) electrons. The molecule has 0 heterocycles. The maximum atomic E-state index is 11.9. The van der Waals surface area contributed by atoms with Crippen molar-refractivity contribution >= 4 is 48.0 Å². The molecule has 0 spiro atoms. The fourth-order valence-corrected chi connectivity index (χ4v) is 1.95. The Labute approximate surface area is 137 Å². The van der Waals surface area contributed by atoms with Gasteiger partial charge in [-0.2, -0.15) is 0 Å². The van der Waals surface area contributed by atoms with Crippen LogP contribution in [0.2, 0.25) is 5.02 Å². The number of nitrogens with two attached hydrogens (primary N) is 1. The minimum Gasteiger partial charge on any atom is -0.399 e. The van der Waals surface area contributed by atoms with Crippen LogP contribution in [0.25, 0.3) is 0 Å². The highest BCUT2D eigenvalue weighted by molar-refractivity contribution is 6.34. The van der Waals surface area contributed by atoms with Gasteiger partial charge in [-0.1, -0.05) is 25.4 Å². The van der Waals surface area contributed by atoms with Crippen LogP contribution in [-0.4, -0.2) is 37.0 Å². The van der Waals surface area contributed by atoms with Gasteiger partial charge in [-0.15, -0.1) is 24.8 Å². The molecule has 3 N–H and O–H groups in total. The van der Waals surface area contributed by atoms with Crippen LogP contribution < -0.4 is 11.1 Å². The van der Waals surface area contributed by atoms with Crippen LogP contribution in [-0.2, 0) is 0 Å². The molecule has 20 heavy (non-hydrogen) atoms. The first-order valence-electron chi connectivity index (χ1n) is 6.14. The molecule has 0 aliphatic carbocycles. The summed E-state index contributed by atoms with van der Waals surface area (Å²) >= 11 is 5.97. The number of hydrogen-bond acceptors (Lipinski definition) is 3. The highest BCUT2D eigenvalue weighted by Gasteiger charge is 2.10. The first-order chi connectivity index (χ1) is 8.58. The second-order valence-electron chi connectivity index (χ2n) is 4.02. The molecule has 1 amide bonds. The summed E-state index contributed by atoms with van der Waals surface area (Å²) in [6.45, 7) is 7.61. The number of carbonyl (C=O) groups is 1. The summed E-state index contributed by atoms with van der Waals surface area (Å²) in [5.74, 6) is -0.160. The first kappa shape index (κ1) is 21.6. The molecule has 0 fully saturated rings. The minimum absolute atomic E-state index is 0. The Morgan fingerprint density at radius 1 is 1.30 bits per heavy atom. The van der Waals surface area contributed by atoms with Gasteiger partial charge in [0, 0.05) is 18.8 Å². The third-order valence-electron chi connectivity index (χ3n) is 2.85. The predicted octanol–water partition coefficient (Wildman–Crippen LogP) is 2.84. The van der Waals surface area contributed by atoms with E-state index >= 15 is 0 Å². The van der Waals surface area contributed by atoms with Crippen LogP contribution in [0.5, 0.6) is 0 Å². The van der Waals surface area contributed by atoms with Gasteiger partial charge in [0.15, 0.2) is 0 Å². The molecule has 0 aliphatic rings. The average molecular weight is 343 g/mol. The number of halogens is 3. The molecule has 0 atom stereocenters. The average Bonchev–Trinajstić information content (AvgIpc) is 2.34. The van der Waals surface area contributed by atoms with E-state index in [2.05, 4.69) is 24.1 Å². The largest absolute Gasteiger partial charge is 0.399 e. The number of benzene rings is 1. The number of hydrogen-bond donors (Lipinski definition) is 2. The quantitative estimate of drug-likeness (QED) is 0.782. The maximum Gasteiger partial charge on any atom is 0.252 e. The molecule has 0 aliphatic heterocycles. The van der Waals surface area contributed by atoms with Crippen LogP contribution in [0.4, 0.5) is 5.69 Å². The summed E-state index contributed by atoms with van der Waals surface area (Å²) in [5, 5.41) is 3.24. The fourth-order valence-electron chi connectivity index (χ4n) is 1.68. The fraction of sp³-hybridized carbons (Fsp3) is 0.462. The van der Waals surface area contributed by atoms with Crippen molar-refractivity contribution in [3.8, 4) is 0 Å².